The highest BCUT2D eigenvalue weighted by atomic mass is 19.4. The number of aromatic nitrogens is 2. The van der Waals surface area contributed by atoms with Gasteiger partial charge >= 0.3 is 6.18 Å². The van der Waals surface area contributed by atoms with E-state index in [-0.39, 0.29) is 5.56 Å². The lowest BCUT2D eigenvalue weighted by Gasteiger charge is -2.11. The van der Waals surface area contributed by atoms with Crippen molar-refractivity contribution in [3.8, 4) is 16.9 Å². The second kappa shape index (κ2) is 6.33. The third kappa shape index (κ3) is 3.33. The summed E-state index contributed by atoms with van der Waals surface area (Å²) in [5.41, 5.74) is 7.73. The standard InChI is InChI=1S/C19H16F3N3O/c1-11-3-8-15(12(2)9-11)16-10-17(19(20,21)22)24-25(16)14-6-4-13(5-7-14)18(23)26/h3-10H,1-2H3,(H2,23,26). The molecule has 0 atom stereocenters. The Morgan fingerprint density at radius 2 is 1.69 bits per heavy atom. The van der Waals surface area contributed by atoms with Crippen LogP contribution in [0, 0.1) is 13.8 Å². The molecule has 1 amide bonds. The van der Waals surface area contributed by atoms with Gasteiger partial charge in [-0.1, -0.05) is 23.8 Å². The fourth-order valence-corrected chi connectivity index (χ4v) is 2.78. The molecule has 0 aliphatic carbocycles. The Morgan fingerprint density at radius 1 is 1.04 bits per heavy atom. The average molecular weight is 359 g/mol. The molecule has 3 aromatic rings. The number of alkyl halides is 3. The lowest BCUT2D eigenvalue weighted by molar-refractivity contribution is -0.141. The first-order chi connectivity index (χ1) is 12.2. The maximum atomic E-state index is 13.2. The molecule has 0 aliphatic heterocycles. The Kier molecular flexibility index (Phi) is 4.31. The fourth-order valence-electron chi connectivity index (χ4n) is 2.78. The molecule has 0 saturated heterocycles. The van der Waals surface area contributed by atoms with E-state index in [1.807, 2.05) is 26.0 Å². The van der Waals surface area contributed by atoms with Crippen LogP contribution >= 0.6 is 0 Å². The minimum absolute atomic E-state index is 0.269. The second-order valence-electron chi connectivity index (χ2n) is 6.05. The summed E-state index contributed by atoms with van der Waals surface area (Å²) in [5, 5.41) is 3.74. The zero-order valence-electron chi connectivity index (χ0n) is 14.1. The summed E-state index contributed by atoms with van der Waals surface area (Å²) in [4.78, 5) is 11.2. The summed E-state index contributed by atoms with van der Waals surface area (Å²) in [6, 6.07) is 12.5. The van der Waals surface area contributed by atoms with Crippen molar-refractivity contribution >= 4 is 5.91 Å². The third-order valence-corrected chi connectivity index (χ3v) is 4.05. The van der Waals surface area contributed by atoms with E-state index in [4.69, 9.17) is 5.73 Å². The number of primary amides is 1. The van der Waals surface area contributed by atoms with Crippen LogP contribution in [0.3, 0.4) is 0 Å². The maximum absolute atomic E-state index is 13.2. The smallest absolute Gasteiger partial charge is 0.366 e. The number of carbonyl (C=O) groups is 1. The molecule has 134 valence electrons. The predicted molar refractivity (Wildman–Crippen MR) is 92.0 cm³/mol. The number of halogens is 3. The molecule has 0 bridgehead atoms. The SMILES string of the molecule is Cc1ccc(-c2cc(C(F)(F)F)nn2-c2ccc(C(N)=O)cc2)c(C)c1. The van der Waals surface area contributed by atoms with Crippen LogP contribution in [0.5, 0.6) is 0 Å². The number of benzene rings is 2. The molecular weight excluding hydrogens is 343 g/mol. The maximum Gasteiger partial charge on any atom is 0.435 e. The van der Waals surface area contributed by atoms with Gasteiger partial charge < -0.3 is 5.73 Å². The fraction of sp³-hybridized carbons (Fsp3) is 0.158. The van der Waals surface area contributed by atoms with Crippen molar-refractivity contribution in [1.82, 2.24) is 9.78 Å². The quantitative estimate of drug-likeness (QED) is 0.759. The van der Waals surface area contributed by atoms with Gasteiger partial charge in [0.25, 0.3) is 0 Å². The summed E-state index contributed by atoms with van der Waals surface area (Å²) >= 11 is 0. The van der Waals surface area contributed by atoms with Crippen LogP contribution in [-0.2, 0) is 6.18 Å². The lowest BCUT2D eigenvalue weighted by atomic mass is 10.0. The zero-order chi connectivity index (χ0) is 19.1. The Hall–Kier alpha value is -3.09. The summed E-state index contributed by atoms with van der Waals surface area (Å²) < 4.78 is 40.9. The van der Waals surface area contributed by atoms with Gasteiger partial charge in [-0.3, -0.25) is 4.79 Å². The van der Waals surface area contributed by atoms with Crippen molar-refractivity contribution in [2.24, 2.45) is 5.73 Å². The molecule has 0 unspecified atom stereocenters. The van der Waals surface area contributed by atoms with E-state index in [0.29, 0.717) is 16.9 Å². The largest absolute Gasteiger partial charge is 0.435 e. The van der Waals surface area contributed by atoms with E-state index < -0.39 is 17.8 Å². The number of hydrogen-bond donors (Lipinski definition) is 1. The van der Waals surface area contributed by atoms with Gasteiger partial charge in [-0.05, 0) is 49.7 Å². The van der Waals surface area contributed by atoms with Crippen molar-refractivity contribution in [3.63, 3.8) is 0 Å². The number of aryl methyl sites for hydroxylation is 2. The number of nitrogens with two attached hydrogens (primary N) is 1. The lowest BCUT2D eigenvalue weighted by Crippen LogP contribution is -2.11. The van der Waals surface area contributed by atoms with Crippen LogP contribution in [0.4, 0.5) is 13.2 Å². The van der Waals surface area contributed by atoms with Crippen LogP contribution in [0.1, 0.15) is 27.2 Å². The molecule has 1 aromatic heterocycles. The zero-order valence-corrected chi connectivity index (χ0v) is 14.1. The normalized spacial score (nSPS) is 11.6. The number of nitrogens with zero attached hydrogens (tertiary/aromatic N) is 2. The topological polar surface area (TPSA) is 60.9 Å². The van der Waals surface area contributed by atoms with Gasteiger partial charge in [0.1, 0.15) is 0 Å². The Bertz CT molecular complexity index is 973. The first-order valence-corrected chi connectivity index (χ1v) is 7.82. The number of hydrogen-bond acceptors (Lipinski definition) is 2. The monoisotopic (exact) mass is 359 g/mol. The van der Waals surface area contributed by atoms with Gasteiger partial charge in [0.15, 0.2) is 5.69 Å². The van der Waals surface area contributed by atoms with Gasteiger partial charge in [-0.2, -0.15) is 18.3 Å². The predicted octanol–water partition coefficient (Wildman–Crippen LogP) is 4.27. The molecule has 0 radical (unpaired) electrons. The van der Waals surface area contributed by atoms with Crippen LogP contribution in [-0.4, -0.2) is 15.7 Å². The molecular formula is C19H16F3N3O. The van der Waals surface area contributed by atoms with E-state index in [1.54, 1.807) is 6.07 Å². The van der Waals surface area contributed by atoms with Crippen LogP contribution in [0.25, 0.3) is 16.9 Å². The van der Waals surface area contributed by atoms with Crippen molar-refractivity contribution in [2.45, 2.75) is 20.0 Å². The highest BCUT2D eigenvalue weighted by Gasteiger charge is 2.35. The molecule has 4 nitrogen and oxygen atoms in total. The van der Waals surface area contributed by atoms with Gasteiger partial charge in [-0.25, -0.2) is 4.68 Å². The molecule has 2 aromatic carbocycles. The number of amides is 1. The molecule has 7 heteroatoms. The van der Waals surface area contributed by atoms with Crippen molar-refractivity contribution in [1.29, 1.82) is 0 Å². The molecule has 0 aliphatic rings. The summed E-state index contributed by atoms with van der Waals surface area (Å²) in [6.45, 7) is 3.75. The molecule has 0 fully saturated rings. The summed E-state index contributed by atoms with van der Waals surface area (Å²) in [5.74, 6) is -0.609. The molecule has 2 N–H and O–H groups in total. The van der Waals surface area contributed by atoms with E-state index >= 15 is 0 Å². The highest BCUT2D eigenvalue weighted by Crippen LogP contribution is 2.34. The third-order valence-electron chi connectivity index (χ3n) is 4.05. The van der Waals surface area contributed by atoms with E-state index in [1.165, 1.54) is 28.9 Å². The molecule has 26 heavy (non-hydrogen) atoms. The Labute approximate surface area is 148 Å². The molecule has 0 spiro atoms. The first kappa shape index (κ1) is 17.7. The van der Waals surface area contributed by atoms with Crippen molar-refractivity contribution in [2.75, 3.05) is 0 Å². The van der Waals surface area contributed by atoms with Crippen LogP contribution in [0.15, 0.2) is 48.5 Å². The molecule has 0 saturated carbocycles. The van der Waals surface area contributed by atoms with Gasteiger partial charge in [-0.15, -0.1) is 0 Å². The van der Waals surface area contributed by atoms with E-state index in [9.17, 15) is 18.0 Å². The highest BCUT2D eigenvalue weighted by molar-refractivity contribution is 5.92. The van der Waals surface area contributed by atoms with Crippen LogP contribution < -0.4 is 5.73 Å². The first-order valence-electron chi connectivity index (χ1n) is 7.82. The molecule has 3 rings (SSSR count). The van der Waals surface area contributed by atoms with E-state index in [0.717, 1.165) is 17.2 Å². The minimum atomic E-state index is -4.56. The van der Waals surface area contributed by atoms with Gasteiger partial charge in [0.2, 0.25) is 5.91 Å². The minimum Gasteiger partial charge on any atom is -0.366 e. The average Bonchev–Trinajstić information content (AvgIpc) is 3.00. The Morgan fingerprint density at radius 3 is 2.23 bits per heavy atom. The summed E-state index contributed by atoms with van der Waals surface area (Å²) in [6.07, 6.45) is -4.56. The number of carbonyl (C=O) groups excluding carboxylic acids is 1. The van der Waals surface area contributed by atoms with Crippen LogP contribution in [0.2, 0.25) is 0 Å². The number of rotatable bonds is 3. The van der Waals surface area contributed by atoms with Gasteiger partial charge in [0.05, 0.1) is 11.4 Å². The molecule has 1 heterocycles. The summed E-state index contributed by atoms with van der Waals surface area (Å²) in [7, 11) is 0. The second-order valence-corrected chi connectivity index (χ2v) is 6.05. The van der Waals surface area contributed by atoms with Crippen molar-refractivity contribution in [3.05, 3.63) is 70.9 Å². The Balaban J connectivity index is 2.20. The van der Waals surface area contributed by atoms with Crippen molar-refractivity contribution < 1.29 is 18.0 Å². The van der Waals surface area contributed by atoms with Gasteiger partial charge in [0, 0.05) is 11.1 Å². The van der Waals surface area contributed by atoms with E-state index in [2.05, 4.69) is 5.10 Å².